The number of rotatable bonds is 2. The van der Waals surface area contributed by atoms with Crippen molar-refractivity contribution in [1.29, 1.82) is 0 Å². The van der Waals surface area contributed by atoms with E-state index in [2.05, 4.69) is 18.7 Å². The molecule has 1 rings (SSSR count). The first-order valence-electron chi connectivity index (χ1n) is 5.23. The Hall–Kier alpha value is -0.710. The van der Waals surface area contributed by atoms with Crippen LogP contribution in [-0.2, 0) is 4.79 Å². The number of nitrogens with zero attached hydrogens (tertiary/aromatic N) is 2. The van der Waals surface area contributed by atoms with E-state index in [1.165, 1.54) is 4.90 Å². The number of carbonyl (C=O) groups is 1. The van der Waals surface area contributed by atoms with E-state index in [4.69, 9.17) is 0 Å². The highest BCUT2D eigenvalue weighted by Crippen LogP contribution is 2.17. The van der Waals surface area contributed by atoms with Gasteiger partial charge in [-0.2, -0.15) is 8.78 Å². The first-order chi connectivity index (χ1) is 6.82. The number of alkyl halides is 2. The summed E-state index contributed by atoms with van der Waals surface area (Å²) in [7, 11) is 0. The van der Waals surface area contributed by atoms with Crippen molar-refractivity contribution < 1.29 is 13.6 Å². The van der Waals surface area contributed by atoms with Gasteiger partial charge in [0, 0.05) is 39.1 Å². The zero-order valence-corrected chi connectivity index (χ0v) is 9.46. The molecule has 0 atom stereocenters. The van der Waals surface area contributed by atoms with Gasteiger partial charge in [-0.15, -0.1) is 0 Å². The van der Waals surface area contributed by atoms with Crippen LogP contribution in [0.15, 0.2) is 0 Å². The van der Waals surface area contributed by atoms with Crippen LogP contribution in [0.4, 0.5) is 8.78 Å². The Morgan fingerprint density at radius 3 is 2.00 bits per heavy atom. The predicted molar refractivity (Wildman–Crippen MR) is 53.9 cm³/mol. The first kappa shape index (κ1) is 12.4. The normalized spacial score (nSPS) is 19.7. The van der Waals surface area contributed by atoms with E-state index in [1.54, 1.807) is 0 Å². The van der Waals surface area contributed by atoms with Crippen LogP contribution in [0.2, 0.25) is 0 Å². The van der Waals surface area contributed by atoms with Crippen LogP contribution in [0.3, 0.4) is 0 Å². The fraction of sp³-hybridized carbons (Fsp3) is 0.900. The van der Waals surface area contributed by atoms with Gasteiger partial charge in [-0.3, -0.25) is 9.69 Å². The summed E-state index contributed by atoms with van der Waals surface area (Å²) in [6.07, 6.45) is 0. The maximum absolute atomic E-state index is 12.8. The van der Waals surface area contributed by atoms with Gasteiger partial charge in [-0.1, -0.05) is 0 Å². The molecule has 0 aromatic heterocycles. The third-order valence-electron chi connectivity index (χ3n) is 2.71. The lowest BCUT2D eigenvalue weighted by molar-refractivity contribution is -0.156. The van der Waals surface area contributed by atoms with E-state index in [0.29, 0.717) is 39.1 Å². The topological polar surface area (TPSA) is 23.6 Å². The third-order valence-corrected chi connectivity index (χ3v) is 2.71. The van der Waals surface area contributed by atoms with E-state index in [0.717, 1.165) is 0 Å². The van der Waals surface area contributed by atoms with Gasteiger partial charge in [-0.25, -0.2) is 0 Å². The van der Waals surface area contributed by atoms with Crippen LogP contribution in [0.1, 0.15) is 20.8 Å². The van der Waals surface area contributed by atoms with Gasteiger partial charge in [0.2, 0.25) is 0 Å². The highest BCUT2D eigenvalue weighted by Gasteiger charge is 2.37. The lowest BCUT2D eigenvalue weighted by atomic mass is 10.2. The maximum atomic E-state index is 12.8. The molecule has 88 valence electrons. The molecule has 0 aromatic carbocycles. The molecule has 0 N–H and O–H groups in total. The summed E-state index contributed by atoms with van der Waals surface area (Å²) in [6.45, 7) is 6.95. The molecule has 0 aromatic rings. The second-order valence-electron chi connectivity index (χ2n) is 4.31. The minimum Gasteiger partial charge on any atom is -0.335 e. The molecule has 1 heterocycles. The largest absolute Gasteiger partial charge is 0.335 e. The van der Waals surface area contributed by atoms with Crippen molar-refractivity contribution in [2.75, 3.05) is 26.2 Å². The highest BCUT2D eigenvalue weighted by molar-refractivity contribution is 5.83. The van der Waals surface area contributed by atoms with Crippen molar-refractivity contribution in [3.8, 4) is 0 Å². The molecule has 5 heteroatoms. The summed E-state index contributed by atoms with van der Waals surface area (Å²) < 4.78 is 25.5. The smallest absolute Gasteiger partial charge is 0.322 e. The van der Waals surface area contributed by atoms with Crippen LogP contribution in [0.5, 0.6) is 0 Å². The lowest BCUT2D eigenvalue weighted by Crippen LogP contribution is -2.53. The molecule has 0 saturated carbocycles. The van der Waals surface area contributed by atoms with Crippen molar-refractivity contribution in [3.05, 3.63) is 0 Å². The number of amides is 1. The van der Waals surface area contributed by atoms with Crippen LogP contribution in [0.25, 0.3) is 0 Å². The Balaban J connectivity index is 2.48. The molecule has 1 aliphatic rings. The number of hydrogen-bond acceptors (Lipinski definition) is 2. The SMILES string of the molecule is CC(C)N1CCN(C(=O)C(C)(F)F)CC1. The predicted octanol–water partition coefficient (Wildman–Crippen LogP) is 1.19. The fourth-order valence-corrected chi connectivity index (χ4v) is 1.72. The molecule has 15 heavy (non-hydrogen) atoms. The van der Waals surface area contributed by atoms with E-state index in [-0.39, 0.29) is 0 Å². The summed E-state index contributed by atoms with van der Waals surface area (Å²) in [4.78, 5) is 14.7. The quantitative estimate of drug-likeness (QED) is 0.698. The molecule has 1 aliphatic heterocycles. The molecule has 0 spiro atoms. The van der Waals surface area contributed by atoms with E-state index < -0.39 is 11.8 Å². The van der Waals surface area contributed by atoms with Crippen molar-refractivity contribution in [2.45, 2.75) is 32.7 Å². The van der Waals surface area contributed by atoms with Gasteiger partial charge in [0.05, 0.1) is 0 Å². The van der Waals surface area contributed by atoms with Gasteiger partial charge in [0.15, 0.2) is 0 Å². The standard InChI is InChI=1S/C10H18F2N2O/c1-8(2)13-4-6-14(7-5-13)9(15)10(3,11)12/h8H,4-7H2,1-3H3. The van der Waals surface area contributed by atoms with E-state index in [1.807, 2.05) is 0 Å². The second kappa shape index (κ2) is 4.43. The van der Waals surface area contributed by atoms with Gasteiger partial charge in [0.25, 0.3) is 5.91 Å². The lowest BCUT2D eigenvalue weighted by Gasteiger charge is -2.37. The van der Waals surface area contributed by atoms with Gasteiger partial charge >= 0.3 is 5.92 Å². The zero-order valence-electron chi connectivity index (χ0n) is 9.46. The number of halogens is 2. The average Bonchev–Trinajstić information content (AvgIpc) is 2.15. The summed E-state index contributed by atoms with van der Waals surface area (Å²) >= 11 is 0. The molecule has 0 radical (unpaired) electrons. The Labute approximate surface area is 89.0 Å². The Morgan fingerprint density at radius 1 is 1.20 bits per heavy atom. The van der Waals surface area contributed by atoms with Crippen LogP contribution in [0, 0.1) is 0 Å². The third kappa shape index (κ3) is 3.12. The summed E-state index contributed by atoms with van der Waals surface area (Å²) in [5, 5.41) is 0. The molecule has 1 fully saturated rings. The minimum atomic E-state index is -3.24. The number of piperazine rings is 1. The molecule has 0 bridgehead atoms. The Morgan fingerprint density at radius 2 is 1.67 bits per heavy atom. The van der Waals surface area contributed by atoms with Gasteiger partial charge in [-0.05, 0) is 13.8 Å². The van der Waals surface area contributed by atoms with Crippen LogP contribution < -0.4 is 0 Å². The van der Waals surface area contributed by atoms with Gasteiger partial charge in [0.1, 0.15) is 0 Å². The van der Waals surface area contributed by atoms with Crippen LogP contribution >= 0.6 is 0 Å². The molecular weight excluding hydrogens is 202 g/mol. The minimum absolute atomic E-state index is 0.403. The summed E-state index contributed by atoms with van der Waals surface area (Å²) in [6, 6.07) is 0.407. The summed E-state index contributed by atoms with van der Waals surface area (Å²) in [5.41, 5.74) is 0. The van der Waals surface area contributed by atoms with E-state index >= 15 is 0 Å². The van der Waals surface area contributed by atoms with Crippen molar-refractivity contribution in [1.82, 2.24) is 9.80 Å². The Bertz CT molecular complexity index is 230. The summed E-state index contributed by atoms with van der Waals surface area (Å²) in [5.74, 6) is -4.29. The average molecular weight is 220 g/mol. The second-order valence-corrected chi connectivity index (χ2v) is 4.31. The van der Waals surface area contributed by atoms with Crippen LogP contribution in [-0.4, -0.2) is 53.9 Å². The zero-order chi connectivity index (χ0) is 11.6. The Kier molecular flexibility index (Phi) is 3.65. The maximum Gasteiger partial charge on any atom is 0.322 e. The highest BCUT2D eigenvalue weighted by atomic mass is 19.3. The molecule has 0 unspecified atom stereocenters. The molecule has 3 nitrogen and oxygen atoms in total. The van der Waals surface area contributed by atoms with E-state index in [9.17, 15) is 13.6 Å². The fourth-order valence-electron chi connectivity index (χ4n) is 1.72. The van der Waals surface area contributed by atoms with Crippen molar-refractivity contribution >= 4 is 5.91 Å². The molecule has 0 aliphatic carbocycles. The molecule has 1 amide bonds. The first-order valence-corrected chi connectivity index (χ1v) is 5.23. The monoisotopic (exact) mass is 220 g/mol. The van der Waals surface area contributed by atoms with Gasteiger partial charge < -0.3 is 4.90 Å². The van der Waals surface area contributed by atoms with Crippen molar-refractivity contribution in [3.63, 3.8) is 0 Å². The number of hydrogen-bond donors (Lipinski definition) is 0. The molecular formula is C10H18F2N2O. The number of carbonyl (C=O) groups excluding carboxylic acids is 1. The van der Waals surface area contributed by atoms with Crippen molar-refractivity contribution in [2.24, 2.45) is 0 Å². The molecule has 1 saturated heterocycles.